The number of Topliss-reactive ketones (excluding diaryl/α,β-unsaturated/α-hetero) is 1. The van der Waals surface area contributed by atoms with E-state index in [1.54, 1.807) is 12.1 Å². The number of carbonyl (C=O) groups excluding carboxylic acids is 1. The zero-order chi connectivity index (χ0) is 12.6. The first-order chi connectivity index (χ1) is 8.10. The number of hydrogen-bond donors (Lipinski definition) is 1. The quantitative estimate of drug-likeness (QED) is 0.672. The highest BCUT2D eigenvalue weighted by atomic mass is 32.2. The maximum absolute atomic E-state index is 11.5. The van der Waals surface area contributed by atoms with E-state index in [9.17, 15) is 9.90 Å². The highest BCUT2D eigenvalue weighted by Gasteiger charge is 2.25. The highest BCUT2D eigenvalue weighted by Crippen LogP contribution is 2.47. The molecule has 0 aromatic heterocycles. The Hall–Kier alpha value is -1.62. The summed E-state index contributed by atoms with van der Waals surface area (Å²) in [4.78, 5) is 12.1. The Morgan fingerprint density at radius 3 is 2.71 bits per heavy atom. The van der Waals surface area contributed by atoms with Crippen molar-refractivity contribution in [2.24, 2.45) is 0 Å². The predicted molar refractivity (Wildman–Crippen MR) is 65.3 cm³/mol. The number of ketones is 1. The third kappa shape index (κ3) is 1.76. The van der Waals surface area contributed by atoms with Crippen LogP contribution in [0.15, 0.2) is 21.4 Å². The van der Waals surface area contributed by atoms with Crippen LogP contribution in [0, 0.1) is 0 Å². The number of methoxy groups -OCH3 is 1. The Kier molecular flexibility index (Phi) is 3.02. The van der Waals surface area contributed by atoms with Gasteiger partial charge in [-0.3, -0.25) is 4.79 Å². The van der Waals surface area contributed by atoms with Gasteiger partial charge in [0.05, 0.1) is 17.6 Å². The standard InChI is InChI=1S/C12H12O4S/c1-6(13)7-4-5-8-9(7)10(17-3)11(14)16-12(8)15-2/h4-5,14H,1-3H3. The first kappa shape index (κ1) is 11.9. The van der Waals surface area contributed by atoms with E-state index < -0.39 is 0 Å². The average Bonchev–Trinajstić information content (AvgIpc) is 2.72. The molecule has 0 unspecified atom stereocenters. The van der Waals surface area contributed by atoms with Crippen molar-refractivity contribution >= 4 is 17.5 Å². The second kappa shape index (κ2) is 4.33. The summed E-state index contributed by atoms with van der Waals surface area (Å²) < 4.78 is 10.2. The minimum atomic E-state index is -0.226. The second-order valence-corrected chi connectivity index (χ2v) is 4.34. The number of fused-ring (bicyclic) bond motifs is 1. The molecule has 90 valence electrons. The summed E-state index contributed by atoms with van der Waals surface area (Å²) in [5.41, 5.74) is 1.94. The fraction of sp³-hybridized carbons (Fsp3) is 0.250. The molecule has 0 bridgehead atoms. The van der Waals surface area contributed by atoms with E-state index in [0.29, 0.717) is 21.6 Å². The molecule has 0 fully saturated rings. The van der Waals surface area contributed by atoms with Gasteiger partial charge in [0, 0.05) is 11.1 Å². The van der Waals surface area contributed by atoms with Gasteiger partial charge in [0.15, 0.2) is 5.78 Å². The molecule has 2 rings (SSSR count). The van der Waals surface area contributed by atoms with Crippen LogP contribution in [0.1, 0.15) is 17.3 Å². The molecule has 0 spiro atoms. The fourth-order valence-corrected chi connectivity index (χ4v) is 2.46. The van der Waals surface area contributed by atoms with Crippen molar-refractivity contribution in [3.05, 3.63) is 17.7 Å². The number of aromatic hydroxyl groups is 1. The average molecular weight is 252 g/mol. The van der Waals surface area contributed by atoms with E-state index in [4.69, 9.17) is 9.15 Å². The number of carbonyl (C=O) groups is 1. The van der Waals surface area contributed by atoms with Gasteiger partial charge in [-0.1, -0.05) is 0 Å². The monoisotopic (exact) mass is 252 g/mol. The summed E-state index contributed by atoms with van der Waals surface area (Å²) in [6, 6.07) is 3.47. The number of hydrogen-bond acceptors (Lipinski definition) is 5. The highest BCUT2D eigenvalue weighted by molar-refractivity contribution is 7.98. The number of rotatable bonds is 3. The minimum absolute atomic E-state index is 0.0528. The van der Waals surface area contributed by atoms with Gasteiger partial charge < -0.3 is 14.3 Å². The molecule has 0 radical (unpaired) electrons. The largest absolute Gasteiger partial charge is 0.480 e. The molecular formula is C12H12O4S. The van der Waals surface area contributed by atoms with Crippen molar-refractivity contribution in [2.75, 3.05) is 13.4 Å². The van der Waals surface area contributed by atoms with Crippen molar-refractivity contribution in [2.45, 2.75) is 11.8 Å². The summed E-state index contributed by atoms with van der Waals surface area (Å²) >= 11 is 1.33. The molecule has 5 heteroatoms. The summed E-state index contributed by atoms with van der Waals surface area (Å²) in [5.74, 6) is -0.0682. The summed E-state index contributed by atoms with van der Waals surface area (Å²) in [6.45, 7) is 1.49. The summed E-state index contributed by atoms with van der Waals surface area (Å²) in [5, 5.41) is 9.77. The van der Waals surface area contributed by atoms with Gasteiger partial charge >= 0.3 is 0 Å². The number of thioether (sulfide) groups is 1. The van der Waals surface area contributed by atoms with Crippen LogP contribution in [0.25, 0.3) is 11.1 Å². The van der Waals surface area contributed by atoms with Crippen LogP contribution in [-0.2, 0) is 0 Å². The van der Waals surface area contributed by atoms with Crippen LogP contribution in [0.4, 0.5) is 0 Å². The van der Waals surface area contributed by atoms with Gasteiger partial charge in [0.25, 0.3) is 11.9 Å². The summed E-state index contributed by atoms with van der Waals surface area (Å²) in [6.07, 6.45) is 1.81. The molecular weight excluding hydrogens is 240 g/mol. The lowest BCUT2D eigenvalue weighted by Gasteiger charge is -2.12. The molecule has 1 aliphatic carbocycles. The molecule has 1 heterocycles. The molecule has 1 N–H and O–H groups in total. The van der Waals surface area contributed by atoms with Crippen molar-refractivity contribution < 1.29 is 19.1 Å². The Balaban J connectivity index is 2.82. The van der Waals surface area contributed by atoms with E-state index in [2.05, 4.69) is 0 Å². The molecule has 0 aromatic rings. The van der Waals surface area contributed by atoms with Crippen molar-refractivity contribution in [1.29, 1.82) is 0 Å². The van der Waals surface area contributed by atoms with E-state index in [0.717, 1.165) is 0 Å². The maximum atomic E-state index is 11.5. The van der Waals surface area contributed by atoms with E-state index >= 15 is 0 Å². The molecule has 1 aliphatic heterocycles. The van der Waals surface area contributed by atoms with Gasteiger partial charge in [-0.25, -0.2) is 0 Å². The van der Waals surface area contributed by atoms with Crippen molar-refractivity contribution in [1.82, 2.24) is 0 Å². The smallest absolute Gasteiger partial charge is 0.299 e. The SMILES string of the molecule is COc1oc(O)c(SC)c2c(C(C)=O)ccc1-2. The third-order valence-corrected chi connectivity index (χ3v) is 3.34. The topological polar surface area (TPSA) is 59.7 Å². The Labute approximate surface area is 103 Å². The zero-order valence-corrected chi connectivity index (χ0v) is 10.6. The first-order valence-corrected chi connectivity index (χ1v) is 6.20. The van der Waals surface area contributed by atoms with Crippen molar-refractivity contribution in [3.63, 3.8) is 0 Å². The van der Waals surface area contributed by atoms with Crippen LogP contribution < -0.4 is 4.74 Å². The molecule has 17 heavy (non-hydrogen) atoms. The summed E-state index contributed by atoms with van der Waals surface area (Å²) in [7, 11) is 1.46. The zero-order valence-electron chi connectivity index (χ0n) is 9.73. The first-order valence-electron chi connectivity index (χ1n) is 4.97. The van der Waals surface area contributed by atoms with E-state index in [-0.39, 0.29) is 17.7 Å². The third-order valence-electron chi connectivity index (χ3n) is 2.55. The minimum Gasteiger partial charge on any atom is -0.480 e. The fourth-order valence-electron chi connectivity index (χ4n) is 1.82. The Morgan fingerprint density at radius 1 is 1.47 bits per heavy atom. The van der Waals surface area contributed by atoms with Gasteiger partial charge in [0.2, 0.25) is 0 Å². The molecule has 0 saturated carbocycles. The predicted octanol–water partition coefficient (Wildman–Crippen LogP) is 3.02. The van der Waals surface area contributed by atoms with Gasteiger partial charge in [-0.2, -0.15) is 0 Å². The van der Waals surface area contributed by atoms with Gasteiger partial charge in [0.1, 0.15) is 0 Å². The van der Waals surface area contributed by atoms with Crippen LogP contribution in [0.2, 0.25) is 0 Å². The van der Waals surface area contributed by atoms with E-state index in [1.807, 2.05) is 6.26 Å². The van der Waals surface area contributed by atoms with Crippen LogP contribution in [-0.4, -0.2) is 24.3 Å². The Bertz CT molecular complexity index is 544. The Morgan fingerprint density at radius 2 is 2.18 bits per heavy atom. The second-order valence-electron chi connectivity index (χ2n) is 3.52. The van der Waals surface area contributed by atoms with Crippen LogP contribution in [0.5, 0.6) is 11.9 Å². The molecule has 0 atom stereocenters. The molecule has 0 amide bonds. The lowest BCUT2D eigenvalue weighted by molar-refractivity contribution is 0.101. The van der Waals surface area contributed by atoms with Gasteiger partial charge in [-0.05, 0) is 25.3 Å². The van der Waals surface area contributed by atoms with E-state index in [1.165, 1.54) is 25.8 Å². The van der Waals surface area contributed by atoms with Crippen LogP contribution >= 0.6 is 11.8 Å². The van der Waals surface area contributed by atoms with Crippen LogP contribution in [0.3, 0.4) is 0 Å². The molecule has 2 aliphatic rings. The van der Waals surface area contributed by atoms with Crippen molar-refractivity contribution in [3.8, 4) is 23.0 Å². The normalized spacial score (nSPS) is 10.8. The molecule has 0 aromatic carbocycles. The maximum Gasteiger partial charge on any atom is 0.299 e. The molecule has 4 nitrogen and oxygen atoms in total. The lowest BCUT2D eigenvalue weighted by atomic mass is 10.1. The number of ether oxygens (including phenoxy) is 1. The molecule has 0 saturated heterocycles. The van der Waals surface area contributed by atoms with Gasteiger partial charge in [-0.15, -0.1) is 11.8 Å². The lowest BCUT2D eigenvalue weighted by Crippen LogP contribution is -1.95.